The van der Waals surface area contributed by atoms with Crippen LogP contribution in [0.15, 0.2) is 24.1 Å². The van der Waals surface area contributed by atoms with Gasteiger partial charge in [0.15, 0.2) is 17.2 Å². The summed E-state index contributed by atoms with van der Waals surface area (Å²) in [7, 11) is 0. The zero-order valence-electron chi connectivity index (χ0n) is 13.4. The molecule has 0 aromatic carbocycles. The Kier molecular flexibility index (Phi) is 4.34. The number of rotatable bonds is 4. The third kappa shape index (κ3) is 2.57. The van der Waals surface area contributed by atoms with Gasteiger partial charge in [-0.3, -0.25) is 4.57 Å². The van der Waals surface area contributed by atoms with Crippen molar-refractivity contribution in [3.63, 3.8) is 0 Å². The predicted octanol–water partition coefficient (Wildman–Crippen LogP) is 0.132. The summed E-state index contributed by atoms with van der Waals surface area (Å²) in [6.45, 7) is -0.450. The van der Waals surface area contributed by atoms with E-state index >= 15 is 0 Å². The minimum atomic E-state index is -1.44. The Morgan fingerprint density at radius 3 is 2.81 bits per heavy atom. The first-order valence-corrected chi connectivity index (χ1v) is 9.04. The summed E-state index contributed by atoms with van der Waals surface area (Å²) in [5, 5.41) is 32.6. The van der Waals surface area contributed by atoms with Crippen LogP contribution in [-0.2, 0) is 16.9 Å². The van der Waals surface area contributed by atoms with Gasteiger partial charge in [0, 0.05) is 6.42 Å². The van der Waals surface area contributed by atoms with Crippen molar-refractivity contribution in [2.45, 2.75) is 30.5 Å². The molecule has 5 N–H and O–H groups in total. The second-order valence-corrected chi connectivity index (χ2v) is 7.64. The molecule has 4 rings (SSSR count). The highest BCUT2D eigenvalue weighted by Crippen LogP contribution is 2.41. The zero-order valence-corrected chi connectivity index (χ0v) is 14.9. The molecule has 9 nitrogen and oxygen atoms in total. The summed E-state index contributed by atoms with van der Waals surface area (Å²) in [5.74, 6) is 0.189. The lowest BCUT2D eigenvalue weighted by Crippen LogP contribution is -2.47. The Hall–Kier alpha value is -1.82. The molecule has 1 saturated heterocycles. The van der Waals surface area contributed by atoms with Gasteiger partial charge in [-0.25, -0.2) is 15.0 Å². The summed E-state index contributed by atoms with van der Waals surface area (Å²) in [6.07, 6.45) is -0.695. The van der Waals surface area contributed by atoms with Crippen molar-refractivity contribution >= 4 is 39.9 Å². The lowest BCUT2D eigenvalue weighted by Gasteiger charge is -2.33. The number of aliphatic hydroxyl groups is 3. The van der Waals surface area contributed by atoms with Crippen LogP contribution in [0.4, 0.5) is 5.82 Å². The van der Waals surface area contributed by atoms with E-state index in [9.17, 15) is 15.3 Å². The van der Waals surface area contributed by atoms with Gasteiger partial charge in [-0.2, -0.15) is 0 Å². The summed E-state index contributed by atoms with van der Waals surface area (Å²) < 4.78 is 8.07. The number of halogens is 1. The maximum atomic E-state index is 10.8. The molecule has 1 fully saturated rings. The van der Waals surface area contributed by atoms with Crippen molar-refractivity contribution in [3.8, 4) is 0 Å². The molecule has 3 aromatic rings. The number of hydrogen-bond donors (Lipinski definition) is 4. The van der Waals surface area contributed by atoms with Crippen molar-refractivity contribution in [3.05, 3.63) is 34.0 Å². The third-order valence-electron chi connectivity index (χ3n) is 4.55. The van der Waals surface area contributed by atoms with Crippen LogP contribution in [0, 0.1) is 0 Å². The van der Waals surface area contributed by atoms with E-state index in [1.807, 2.05) is 5.38 Å². The third-order valence-corrected chi connectivity index (χ3v) is 5.69. The van der Waals surface area contributed by atoms with Crippen LogP contribution >= 0.6 is 22.9 Å². The van der Waals surface area contributed by atoms with E-state index in [1.165, 1.54) is 28.6 Å². The second kappa shape index (κ2) is 6.41. The van der Waals surface area contributed by atoms with Crippen LogP contribution in [-0.4, -0.2) is 59.8 Å². The minimum absolute atomic E-state index is 0.181. The quantitative estimate of drug-likeness (QED) is 0.487. The number of ether oxygens (including phenoxy) is 1. The SMILES string of the molecule is Nc1ncnc2c1ncn2[C@]1(Cc2csc(Cl)c2)O[C@H](CO)[C@@H](O)[C@H]1O. The number of fused-ring (bicyclic) bond motifs is 1. The van der Waals surface area contributed by atoms with E-state index in [0.717, 1.165) is 5.56 Å². The van der Waals surface area contributed by atoms with Crippen LogP contribution in [0.1, 0.15) is 5.56 Å². The number of hydrogen-bond acceptors (Lipinski definition) is 9. The molecule has 0 spiro atoms. The maximum absolute atomic E-state index is 10.8. The van der Waals surface area contributed by atoms with Crippen molar-refractivity contribution in [2.24, 2.45) is 0 Å². The van der Waals surface area contributed by atoms with Crippen molar-refractivity contribution in [1.82, 2.24) is 19.5 Å². The van der Waals surface area contributed by atoms with E-state index in [0.29, 0.717) is 15.5 Å². The first-order valence-electron chi connectivity index (χ1n) is 7.78. The van der Waals surface area contributed by atoms with Gasteiger partial charge in [0.25, 0.3) is 0 Å². The molecule has 0 bridgehead atoms. The number of imidazole rings is 1. The van der Waals surface area contributed by atoms with E-state index in [-0.39, 0.29) is 12.2 Å². The molecule has 0 saturated carbocycles. The molecular weight excluding hydrogens is 382 g/mol. The van der Waals surface area contributed by atoms with Gasteiger partial charge in [0.2, 0.25) is 0 Å². The lowest BCUT2D eigenvalue weighted by atomic mass is 9.96. The van der Waals surface area contributed by atoms with Crippen LogP contribution in [0.3, 0.4) is 0 Å². The molecule has 3 aromatic heterocycles. The molecule has 0 amide bonds. The molecule has 1 aliphatic heterocycles. The average Bonchev–Trinajstić information content (AvgIpc) is 3.29. The Morgan fingerprint density at radius 2 is 2.15 bits per heavy atom. The highest BCUT2D eigenvalue weighted by Gasteiger charge is 2.56. The predicted molar refractivity (Wildman–Crippen MR) is 94.7 cm³/mol. The number of nitrogens with zero attached hydrogens (tertiary/aromatic N) is 4. The molecule has 1 aliphatic rings. The van der Waals surface area contributed by atoms with Gasteiger partial charge in [0.1, 0.15) is 30.2 Å². The van der Waals surface area contributed by atoms with Gasteiger partial charge in [-0.15, -0.1) is 11.3 Å². The van der Waals surface area contributed by atoms with Gasteiger partial charge in [-0.05, 0) is 17.0 Å². The minimum Gasteiger partial charge on any atom is -0.394 e. The highest BCUT2D eigenvalue weighted by molar-refractivity contribution is 7.14. The van der Waals surface area contributed by atoms with E-state index in [2.05, 4.69) is 15.0 Å². The molecule has 0 aliphatic carbocycles. The maximum Gasteiger partial charge on any atom is 0.180 e. The van der Waals surface area contributed by atoms with E-state index in [1.54, 1.807) is 6.07 Å². The summed E-state index contributed by atoms with van der Waals surface area (Å²) >= 11 is 7.37. The molecule has 4 atom stereocenters. The average molecular weight is 398 g/mol. The fraction of sp³-hybridized carbons (Fsp3) is 0.400. The molecule has 4 heterocycles. The Morgan fingerprint density at radius 1 is 1.35 bits per heavy atom. The molecule has 26 heavy (non-hydrogen) atoms. The van der Waals surface area contributed by atoms with Crippen LogP contribution in [0.2, 0.25) is 4.34 Å². The highest BCUT2D eigenvalue weighted by atomic mass is 35.5. The van der Waals surface area contributed by atoms with Crippen molar-refractivity contribution in [1.29, 1.82) is 0 Å². The number of aliphatic hydroxyl groups excluding tert-OH is 3. The van der Waals surface area contributed by atoms with E-state index in [4.69, 9.17) is 22.1 Å². The van der Waals surface area contributed by atoms with Gasteiger partial charge >= 0.3 is 0 Å². The van der Waals surface area contributed by atoms with Crippen LogP contribution in [0.25, 0.3) is 11.2 Å². The zero-order chi connectivity index (χ0) is 18.5. The standard InChI is InChI=1S/C15H16ClN5O4S/c16-9-1-7(4-26-9)2-15(12(24)11(23)8(3-22)25-15)21-6-20-10-13(17)18-5-19-14(10)21/h1,4-6,8,11-12,22-24H,2-3H2,(H2,17,18,19)/t8-,11-,12-,15-/m1/s1. The van der Waals surface area contributed by atoms with E-state index < -0.39 is 30.6 Å². The number of anilines is 1. The molecule has 11 heteroatoms. The molecular formula is C15H16ClN5O4S. The summed E-state index contributed by atoms with van der Waals surface area (Å²) in [4.78, 5) is 12.3. The number of nitrogen functional groups attached to an aromatic ring is 1. The number of aromatic nitrogens is 4. The lowest BCUT2D eigenvalue weighted by molar-refractivity contribution is -0.145. The van der Waals surface area contributed by atoms with Crippen molar-refractivity contribution < 1.29 is 20.1 Å². The normalized spacial score (nSPS) is 28.8. The topological polar surface area (TPSA) is 140 Å². The molecule has 138 valence electrons. The Labute approximate surface area is 156 Å². The fourth-order valence-electron chi connectivity index (χ4n) is 3.31. The largest absolute Gasteiger partial charge is 0.394 e. The molecule has 0 unspecified atom stereocenters. The first kappa shape index (κ1) is 17.6. The smallest absolute Gasteiger partial charge is 0.180 e. The summed E-state index contributed by atoms with van der Waals surface area (Å²) in [6, 6.07) is 1.76. The van der Waals surface area contributed by atoms with Crippen LogP contribution in [0.5, 0.6) is 0 Å². The molecule has 0 radical (unpaired) electrons. The monoisotopic (exact) mass is 397 g/mol. The van der Waals surface area contributed by atoms with Gasteiger partial charge in [0.05, 0.1) is 17.3 Å². The van der Waals surface area contributed by atoms with Crippen LogP contribution < -0.4 is 5.73 Å². The fourth-order valence-corrected chi connectivity index (χ4v) is 4.22. The van der Waals surface area contributed by atoms with Gasteiger partial charge in [-0.1, -0.05) is 11.6 Å². The second-order valence-electron chi connectivity index (χ2n) is 6.10. The number of thiophene rings is 1. The van der Waals surface area contributed by atoms with Crippen molar-refractivity contribution in [2.75, 3.05) is 12.3 Å². The van der Waals surface area contributed by atoms with Gasteiger partial charge < -0.3 is 25.8 Å². The summed E-state index contributed by atoms with van der Waals surface area (Å²) in [5.41, 5.74) is 5.91. The Balaban J connectivity index is 1.89. The number of nitrogens with two attached hydrogens (primary N) is 1. The Bertz CT molecular complexity index is 949. The first-order chi connectivity index (χ1) is 12.5.